The summed E-state index contributed by atoms with van der Waals surface area (Å²) in [5.74, 6) is -0.285. The highest BCUT2D eigenvalue weighted by Crippen LogP contribution is 1.93. The molecule has 16 heavy (non-hydrogen) atoms. The molecule has 1 atom stereocenters. The van der Waals surface area contributed by atoms with Gasteiger partial charge in [-0.2, -0.15) is 0 Å². The summed E-state index contributed by atoms with van der Waals surface area (Å²) in [6.07, 6.45) is 1.96. The average molecular weight is 231 g/mol. The lowest BCUT2D eigenvalue weighted by atomic mass is 10.2. The number of nitrogens with zero attached hydrogens (tertiary/aromatic N) is 1. The Bertz CT molecular complexity index is 188. The lowest BCUT2D eigenvalue weighted by Crippen LogP contribution is -2.48. The molecule has 96 valence electrons. The summed E-state index contributed by atoms with van der Waals surface area (Å²) in [6.45, 7) is 5.19. The molecule has 0 saturated heterocycles. The normalized spacial score (nSPS) is 13.0. The van der Waals surface area contributed by atoms with Crippen molar-refractivity contribution in [3.8, 4) is 0 Å². The van der Waals surface area contributed by atoms with Crippen LogP contribution in [0.15, 0.2) is 0 Å². The first-order chi connectivity index (χ1) is 7.61. The van der Waals surface area contributed by atoms with E-state index < -0.39 is 0 Å². The Morgan fingerprint density at radius 1 is 1.56 bits per heavy atom. The van der Waals surface area contributed by atoms with Crippen LogP contribution < -0.4 is 11.1 Å². The number of nitrogens with two attached hydrogens (primary N) is 1. The minimum absolute atomic E-state index is 0.257. The van der Waals surface area contributed by atoms with Gasteiger partial charge in [-0.25, -0.2) is 0 Å². The monoisotopic (exact) mass is 231 g/mol. The minimum Gasteiger partial charge on any atom is -0.385 e. The number of likely N-dealkylation sites (N-methyl/N-ethyl adjacent to an activating group) is 1. The number of rotatable bonds is 10. The lowest BCUT2D eigenvalue weighted by Gasteiger charge is -2.22. The number of carbonyl (C=O) groups excluding carboxylic acids is 1. The van der Waals surface area contributed by atoms with Gasteiger partial charge in [-0.1, -0.05) is 6.92 Å². The van der Waals surface area contributed by atoms with Crippen molar-refractivity contribution >= 4 is 5.91 Å². The van der Waals surface area contributed by atoms with E-state index in [1.165, 1.54) is 0 Å². The number of hydrogen-bond donors (Lipinski definition) is 2. The first kappa shape index (κ1) is 15.3. The zero-order chi connectivity index (χ0) is 12.4. The van der Waals surface area contributed by atoms with Crippen molar-refractivity contribution in [2.24, 2.45) is 5.73 Å². The number of nitrogens with one attached hydrogen (secondary N) is 1. The van der Waals surface area contributed by atoms with Crippen molar-refractivity contribution in [3.05, 3.63) is 0 Å². The molecule has 0 saturated carbocycles. The van der Waals surface area contributed by atoms with Gasteiger partial charge in [-0.3, -0.25) is 4.79 Å². The highest BCUT2D eigenvalue weighted by Gasteiger charge is 2.15. The van der Waals surface area contributed by atoms with Crippen LogP contribution in [-0.4, -0.2) is 57.2 Å². The van der Waals surface area contributed by atoms with Gasteiger partial charge in [0.15, 0.2) is 0 Å². The van der Waals surface area contributed by atoms with Gasteiger partial charge < -0.3 is 20.7 Å². The summed E-state index contributed by atoms with van der Waals surface area (Å²) in [6, 6.07) is -0.257. The van der Waals surface area contributed by atoms with E-state index in [-0.39, 0.29) is 11.9 Å². The third kappa shape index (κ3) is 7.62. The summed E-state index contributed by atoms with van der Waals surface area (Å²) in [5, 5.41) is 3.14. The number of ether oxygens (including phenoxy) is 1. The van der Waals surface area contributed by atoms with Crippen LogP contribution >= 0.6 is 0 Å². The van der Waals surface area contributed by atoms with Gasteiger partial charge in [-0.15, -0.1) is 0 Å². The third-order valence-electron chi connectivity index (χ3n) is 2.37. The Labute approximate surface area is 98.3 Å². The molecule has 0 aliphatic rings. The van der Waals surface area contributed by atoms with E-state index >= 15 is 0 Å². The van der Waals surface area contributed by atoms with E-state index in [9.17, 15) is 4.79 Å². The lowest BCUT2D eigenvalue weighted by molar-refractivity contribution is -0.120. The van der Waals surface area contributed by atoms with Crippen molar-refractivity contribution in [1.29, 1.82) is 0 Å². The quantitative estimate of drug-likeness (QED) is 0.511. The molecule has 0 aliphatic heterocycles. The van der Waals surface area contributed by atoms with Crippen molar-refractivity contribution in [1.82, 2.24) is 10.2 Å². The maximum atomic E-state index is 11.2. The van der Waals surface area contributed by atoms with Crippen LogP contribution in [0.4, 0.5) is 0 Å². The zero-order valence-corrected chi connectivity index (χ0v) is 10.7. The van der Waals surface area contributed by atoms with E-state index in [4.69, 9.17) is 10.5 Å². The van der Waals surface area contributed by atoms with Gasteiger partial charge in [0.25, 0.3) is 0 Å². The van der Waals surface area contributed by atoms with E-state index in [0.29, 0.717) is 6.54 Å². The van der Waals surface area contributed by atoms with Gasteiger partial charge in [0, 0.05) is 26.8 Å². The largest absolute Gasteiger partial charge is 0.385 e. The van der Waals surface area contributed by atoms with Gasteiger partial charge >= 0.3 is 0 Å². The van der Waals surface area contributed by atoms with Crippen LogP contribution in [0, 0.1) is 0 Å². The van der Waals surface area contributed by atoms with Crippen molar-refractivity contribution in [2.45, 2.75) is 25.8 Å². The first-order valence-corrected chi connectivity index (χ1v) is 5.82. The summed E-state index contributed by atoms with van der Waals surface area (Å²) in [5.41, 5.74) is 5.33. The maximum Gasteiger partial charge on any atom is 0.235 e. The molecule has 0 spiro atoms. The molecule has 0 heterocycles. The number of primary amides is 1. The fourth-order valence-electron chi connectivity index (χ4n) is 1.46. The van der Waals surface area contributed by atoms with Crippen molar-refractivity contribution < 1.29 is 9.53 Å². The maximum absolute atomic E-state index is 11.2. The molecule has 5 nitrogen and oxygen atoms in total. The molecule has 0 rings (SSSR count). The van der Waals surface area contributed by atoms with Crippen molar-refractivity contribution in [2.75, 3.05) is 40.4 Å². The predicted molar refractivity (Wildman–Crippen MR) is 65.3 cm³/mol. The molecule has 1 unspecified atom stereocenters. The second-order valence-electron chi connectivity index (χ2n) is 4.02. The predicted octanol–water partition coefficient (Wildman–Crippen LogP) is -0.192. The minimum atomic E-state index is -0.285. The van der Waals surface area contributed by atoms with Gasteiger partial charge in [0.2, 0.25) is 5.91 Å². The summed E-state index contributed by atoms with van der Waals surface area (Å²) >= 11 is 0. The fraction of sp³-hybridized carbons (Fsp3) is 0.909. The van der Waals surface area contributed by atoms with Gasteiger partial charge in [-0.05, 0) is 26.4 Å². The molecule has 0 radical (unpaired) electrons. The van der Waals surface area contributed by atoms with Crippen LogP contribution in [-0.2, 0) is 9.53 Å². The molecular weight excluding hydrogens is 206 g/mol. The third-order valence-corrected chi connectivity index (χ3v) is 2.37. The second kappa shape index (κ2) is 9.57. The first-order valence-electron chi connectivity index (χ1n) is 5.82. The summed E-state index contributed by atoms with van der Waals surface area (Å²) < 4.78 is 4.98. The zero-order valence-electron chi connectivity index (χ0n) is 10.7. The Morgan fingerprint density at radius 2 is 2.25 bits per heavy atom. The Hall–Kier alpha value is -0.650. The fourth-order valence-corrected chi connectivity index (χ4v) is 1.46. The second-order valence-corrected chi connectivity index (χ2v) is 4.02. The molecule has 1 amide bonds. The molecule has 0 fully saturated rings. The Kier molecular flexibility index (Phi) is 9.18. The SMILES string of the molecule is CCCNC(CN(C)CCCOC)C(N)=O. The van der Waals surface area contributed by atoms with Crippen LogP contribution in [0.2, 0.25) is 0 Å². The highest BCUT2D eigenvalue weighted by molar-refractivity contribution is 5.80. The standard InChI is InChI=1S/C11H25N3O2/c1-4-6-13-10(11(12)15)9-14(2)7-5-8-16-3/h10,13H,4-9H2,1-3H3,(H2,12,15). The van der Waals surface area contributed by atoms with Crippen LogP contribution in [0.1, 0.15) is 19.8 Å². The number of carbonyl (C=O) groups is 1. The van der Waals surface area contributed by atoms with Gasteiger partial charge in [0.05, 0.1) is 6.04 Å². The summed E-state index contributed by atoms with van der Waals surface area (Å²) in [7, 11) is 3.67. The Balaban J connectivity index is 3.83. The molecule has 0 aromatic rings. The molecule has 0 aromatic carbocycles. The summed E-state index contributed by atoms with van der Waals surface area (Å²) in [4.78, 5) is 13.3. The molecule has 5 heteroatoms. The molecule has 0 bridgehead atoms. The van der Waals surface area contributed by atoms with Crippen LogP contribution in [0.25, 0.3) is 0 Å². The van der Waals surface area contributed by atoms with E-state index in [2.05, 4.69) is 17.1 Å². The topological polar surface area (TPSA) is 67.6 Å². The molecule has 3 N–H and O–H groups in total. The molecule has 0 aliphatic carbocycles. The van der Waals surface area contributed by atoms with Crippen LogP contribution in [0.5, 0.6) is 0 Å². The molecule has 0 aromatic heterocycles. The van der Waals surface area contributed by atoms with E-state index in [1.807, 2.05) is 7.05 Å². The van der Waals surface area contributed by atoms with E-state index in [1.54, 1.807) is 7.11 Å². The van der Waals surface area contributed by atoms with Gasteiger partial charge in [0.1, 0.15) is 0 Å². The number of hydrogen-bond acceptors (Lipinski definition) is 4. The number of methoxy groups -OCH3 is 1. The number of amides is 1. The van der Waals surface area contributed by atoms with Crippen molar-refractivity contribution in [3.63, 3.8) is 0 Å². The van der Waals surface area contributed by atoms with Crippen LogP contribution in [0.3, 0.4) is 0 Å². The highest BCUT2D eigenvalue weighted by atomic mass is 16.5. The smallest absolute Gasteiger partial charge is 0.235 e. The van der Waals surface area contributed by atoms with E-state index in [0.717, 1.165) is 32.5 Å². The molecular formula is C11H25N3O2. The Morgan fingerprint density at radius 3 is 2.75 bits per heavy atom. The average Bonchev–Trinajstić information content (AvgIpc) is 2.24.